The lowest BCUT2D eigenvalue weighted by Crippen LogP contribution is -2.57. The van der Waals surface area contributed by atoms with Crippen LogP contribution in [0.3, 0.4) is 0 Å². The number of aliphatic hydroxyl groups is 1. The molecule has 1 aliphatic rings. The lowest BCUT2D eigenvalue weighted by molar-refractivity contribution is 0.238. The minimum absolute atomic E-state index is 0.0170. The van der Waals surface area contributed by atoms with E-state index in [9.17, 15) is 4.79 Å². The van der Waals surface area contributed by atoms with Crippen LogP contribution in [0.25, 0.3) is 0 Å². The van der Waals surface area contributed by atoms with Gasteiger partial charge in [0, 0.05) is 24.4 Å². The van der Waals surface area contributed by atoms with E-state index in [1.54, 1.807) is 0 Å². The topological polar surface area (TPSA) is 97.8 Å². The van der Waals surface area contributed by atoms with Crippen molar-refractivity contribution >= 4 is 17.4 Å². The lowest BCUT2D eigenvalue weighted by Gasteiger charge is -2.29. The van der Waals surface area contributed by atoms with Crippen LogP contribution in [-0.2, 0) is 0 Å². The van der Waals surface area contributed by atoms with Crippen LogP contribution in [0.1, 0.15) is 13.3 Å². The number of hydrogen-bond acceptors (Lipinski definition) is 5. The fourth-order valence-corrected chi connectivity index (χ4v) is 2.11. The Labute approximate surface area is 123 Å². The Hall–Kier alpha value is -1.96. The number of para-hydroxylation sites is 1. The van der Waals surface area contributed by atoms with E-state index in [-0.39, 0.29) is 18.8 Å². The lowest BCUT2D eigenvalue weighted by atomic mass is 10.2. The summed E-state index contributed by atoms with van der Waals surface area (Å²) in [5, 5.41) is 20.6. The average molecular weight is 291 g/mol. The molecule has 0 aliphatic carbocycles. The van der Waals surface area contributed by atoms with Crippen molar-refractivity contribution in [2.45, 2.75) is 25.8 Å². The predicted molar refractivity (Wildman–Crippen MR) is 82.1 cm³/mol. The van der Waals surface area contributed by atoms with E-state index in [4.69, 9.17) is 5.11 Å². The summed E-state index contributed by atoms with van der Waals surface area (Å²) in [6, 6.07) is 8.90. The molecule has 7 nitrogen and oxygen atoms in total. The van der Waals surface area contributed by atoms with Gasteiger partial charge >= 0.3 is 6.03 Å². The summed E-state index contributed by atoms with van der Waals surface area (Å²) in [6.07, 6.45) is 0.230. The number of amides is 2. The molecule has 2 rings (SSSR count). The third kappa shape index (κ3) is 5.14. The zero-order valence-electron chi connectivity index (χ0n) is 12.0. The van der Waals surface area contributed by atoms with Crippen LogP contribution in [0, 0.1) is 0 Å². The number of aliphatic hydroxyl groups excluding tert-OH is 1. The number of anilines is 1. The fraction of sp³-hybridized carbons (Fsp3) is 0.429. The number of hydrogen-bond donors (Lipinski definition) is 5. The molecular weight excluding hydrogens is 270 g/mol. The second-order valence-corrected chi connectivity index (χ2v) is 4.83. The Bertz CT molecular complexity index is 491. The van der Waals surface area contributed by atoms with Crippen LogP contribution in [0.5, 0.6) is 0 Å². The first kappa shape index (κ1) is 15.4. The van der Waals surface area contributed by atoms with Gasteiger partial charge in [0.05, 0.1) is 12.8 Å². The smallest absolute Gasteiger partial charge is 0.321 e. The molecule has 0 bridgehead atoms. The third-order valence-corrected chi connectivity index (χ3v) is 3.01. The second kappa shape index (κ2) is 7.72. The van der Waals surface area contributed by atoms with Crippen molar-refractivity contribution in [2.24, 2.45) is 4.99 Å². The molecule has 21 heavy (non-hydrogen) atoms. The maximum atomic E-state index is 11.9. The number of carbonyl (C=O) groups excluding carboxylic acids is 1. The van der Waals surface area contributed by atoms with Gasteiger partial charge in [-0.3, -0.25) is 15.6 Å². The molecular formula is C14H21N5O2. The van der Waals surface area contributed by atoms with Gasteiger partial charge in [0.2, 0.25) is 0 Å². The van der Waals surface area contributed by atoms with Gasteiger partial charge in [0.1, 0.15) is 0 Å². The Kier molecular flexibility index (Phi) is 5.68. The van der Waals surface area contributed by atoms with Crippen molar-refractivity contribution in [1.29, 1.82) is 0 Å². The Morgan fingerprint density at radius 3 is 2.90 bits per heavy atom. The minimum atomic E-state index is -0.487. The van der Waals surface area contributed by atoms with Gasteiger partial charge in [-0.25, -0.2) is 4.79 Å². The maximum absolute atomic E-state index is 11.9. The molecule has 0 saturated heterocycles. The summed E-state index contributed by atoms with van der Waals surface area (Å²) in [6.45, 7) is 2.48. The van der Waals surface area contributed by atoms with Crippen LogP contribution in [-0.4, -0.2) is 42.5 Å². The highest BCUT2D eigenvalue weighted by Crippen LogP contribution is 2.06. The summed E-state index contributed by atoms with van der Waals surface area (Å²) < 4.78 is 0. The summed E-state index contributed by atoms with van der Waals surface area (Å²) >= 11 is 0. The van der Waals surface area contributed by atoms with Crippen LogP contribution in [0.4, 0.5) is 10.5 Å². The first-order valence-electron chi connectivity index (χ1n) is 6.93. The molecule has 2 atom stereocenters. The number of nitrogens with one attached hydrogen (secondary N) is 4. The average Bonchev–Trinajstić information content (AvgIpc) is 2.45. The van der Waals surface area contributed by atoms with Gasteiger partial charge in [-0.1, -0.05) is 18.2 Å². The van der Waals surface area contributed by atoms with E-state index in [0.717, 1.165) is 17.8 Å². The van der Waals surface area contributed by atoms with Gasteiger partial charge < -0.3 is 15.7 Å². The highest BCUT2D eigenvalue weighted by molar-refractivity contribution is 5.90. The molecule has 0 saturated carbocycles. The van der Waals surface area contributed by atoms with Gasteiger partial charge in [0.15, 0.2) is 6.29 Å². The second-order valence-electron chi connectivity index (χ2n) is 4.83. The predicted octanol–water partition coefficient (Wildman–Crippen LogP) is 0.454. The van der Waals surface area contributed by atoms with E-state index in [1.165, 1.54) is 0 Å². The Morgan fingerprint density at radius 2 is 2.19 bits per heavy atom. The molecule has 2 unspecified atom stereocenters. The summed E-state index contributed by atoms with van der Waals surface area (Å²) in [7, 11) is 0. The molecule has 1 heterocycles. The van der Waals surface area contributed by atoms with Crippen molar-refractivity contribution in [3.05, 3.63) is 30.3 Å². The molecule has 5 N–H and O–H groups in total. The summed E-state index contributed by atoms with van der Waals surface area (Å²) in [5.41, 5.74) is 1.66. The number of carbonyl (C=O) groups is 1. The molecule has 7 heteroatoms. The van der Waals surface area contributed by atoms with Crippen molar-refractivity contribution < 1.29 is 9.90 Å². The van der Waals surface area contributed by atoms with Crippen molar-refractivity contribution in [3.8, 4) is 0 Å². The van der Waals surface area contributed by atoms with Crippen molar-refractivity contribution in [3.63, 3.8) is 0 Å². The standard InChI is InChI=1S/C14H21N5O2/c1-10-9-12(15-7-8-20)18-13(16-10)19-14(21)17-11-5-3-2-4-6-11/h2-6,12-13,15,18,20H,7-9H2,1H3,(H2,17,19,21). The molecule has 0 aromatic heterocycles. The quantitative estimate of drug-likeness (QED) is 0.544. The molecule has 0 radical (unpaired) electrons. The number of rotatable bonds is 5. The van der Waals surface area contributed by atoms with E-state index in [0.29, 0.717) is 6.54 Å². The number of urea groups is 1. The molecule has 114 valence electrons. The van der Waals surface area contributed by atoms with Crippen molar-refractivity contribution in [2.75, 3.05) is 18.5 Å². The Morgan fingerprint density at radius 1 is 1.43 bits per heavy atom. The Balaban J connectivity index is 1.86. The molecule has 1 aliphatic heterocycles. The summed E-state index contributed by atoms with van der Waals surface area (Å²) in [5.74, 6) is 0. The van der Waals surface area contributed by atoms with Gasteiger partial charge in [-0.05, 0) is 19.1 Å². The van der Waals surface area contributed by atoms with E-state index >= 15 is 0 Å². The monoisotopic (exact) mass is 291 g/mol. The SMILES string of the molecule is CC1=NC(NC(=O)Nc2ccccc2)NC(NCCO)C1. The van der Waals surface area contributed by atoms with E-state index in [2.05, 4.69) is 26.3 Å². The normalized spacial score (nSPS) is 21.5. The van der Waals surface area contributed by atoms with Gasteiger partial charge in [-0.15, -0.1) is 0 Å². The highest BCUT2D eigenvalue weighted by Gasteiger charge is 2.21. The van der Waals surface area contributed by atoms with Crippen LogP contribution in [0.15, 0.2) is 35.3 Å². The molecule has 1 aromatic carbocycles. The van der Waals surface area contributed by atoms with E-state index < -0.39 is 6.29 Å². The zero-order valence-corrected chi connectivity index (χ0v) is 12.0. The van der Waals surface area contributed by atoms with Crippen molar-refractivity contribution in [1.82, 2.24) is 16.0 Å². The minimum Gasteiger partial charge on any atom is -0.395 e. The molecule has 0 fully saturated rings. The zero-order chi connectivity index (χ0) is 15.1. The molecule has 0 spiro atoms. The third-order valence-electron chi connectivity index (χ3n) is 3.01. The highest BCUT2D eigenvalue weighted by atomic mass is 16.3. The largest absolute Gasteiger partial charge is 0.395 e. The van der Waals surface area contributed by atoms with Crippen LogP contribution < -0.4 is 21.3 Å². The summed E-state index contributed by atoms with van der Waals surface area (Å²) in [4.78, 5) is 16.3. The molecule has 2 amide bonds. The van der Waals surface area contributed by atoms with Gasteiger partial charge in [-0.2, -0.15) is 0 Å². The first-order valence-corrected chi connectivity index (χ1v) is 6.93. The van der Waals surface area contributed by atoms with Crippen LogP contribution >= 0.6 is 0 Å². The number of nitrogens with zero attached hydrogens (tertiary/aromatic N) is 1. The van der Waals surface area contributed by atoms with E-state index in [1.807, 2.05) is 37.3 Å². The number of aliphatic imine (C=N–C) groups is 1. The maximum Gasteiger partial charge on any atom is 0.321 e. The molecule has 1 aromatic rings. The first-order chi connectivity index (χ1) is 10.2. The van der Waals surface area contributed by atoms with Crippen LogP contribution in [0.2, 0.25) is 0 Å². The number of benzene rings is 1. The fourth-order valence-electron chi connectivity index (χ4n) is 2.11. The van der Waals surface area contributed by atoms with Gasteiger partial charge in [0.25, 0.3) is 0 Å².